The first-order valence-corrected chi connectivity index (χ1v) is 7.63. The molecule has 3 heteroatoms. The number of hydrogen-bond acceptors (Lipinski definition) is 2. The zero-order valence-electron chi connectivity index (χ0n) is 11.0. The van der Waals surface area contributed by atoms with Gasteiger partial charge in [0.05, 0.1) is 12.2 Å². The van der Waals surface area contributed by atoms with Gasteiger partial charge in [-0.3, -0.25) is 0 Å². The molecule has 0 radical (unpaired) electrons. The first kappa shape index (κ1) is 14.0. The third-order valence-electron chi connectivity index (χ3n) is 3.70. The van der Waals surface area contributed by atoms with Gasteiger partial charge in [-0.25, -0.2) is 0 Å². The Morgan fingerprint density at radius 2 is 2.00 bits per heavy atom. The van der Waals surface area contributed by atoms with Crippen molar-refractivity contribution in [1.29, 1.82) is 0 Å². The molecule has 0 unspecified atom stereocenters. The number of benzene rings is 1. The lowest BCUT2D eigenvalue weighted by Crippen LogP contribution is -2.40. The van der Waals surface area contributed by atoms with Gasteiger partial charge >= 0.3 is 0 Å². The molecule has 1 aromatic rings. The van der Waals surface area contributed by atoms with Crippen LogP contribution in [0.3, 0.4) is 0 Å². The molecule has 2 rings (SSSR count). The lowest BCUT2D eigenvalue weighted by Gasteiger charge is -2.30. The largest absolute Gasteiger partial charge is 0.369 e. The molecule has 1 fully saturated rings. The Hall–Kier alpha value is -0.380. The van der Waals surface area contributed by atoms with Crippen LogP contribution in [0.5, 0.6) is 0 Å². The maximum atomic E-state index is 6.27. The first-order valence-electron chi connectivity index (χ1n) is 6.84. The predicted molar refractivity (Wildman–Crippen MR) is 78.7 cm³/mol. The van der Waals surface area contributed by atoms with E-state index in [4.69, 9.17) is 4.74 Å². The van der Waals surface area contributed by atoms with Gasteiger partial charge in [-0.1, -0.05) is 53.9 Å². The van der Waals surface area contributed by atoms with Crippen molar-refractivity contribution in [2.75, 3.05) is 13.1 Å². The Labute approximate surface area is 118 Å². The molecule has 0 bridgehead atoms. The molecular formula is C15H22BrNO. The van der Waals surface area contributed by atoms with Gasteiger partial charge in [-0.2, -0.15) is 0 Å². The van der Waals surface area contributed by atoms with Crippen LogP contribution in [-0.4, -0.2) is 18.7 Å². The zero-order chi connectivity index (χ0) is 12.8. The van der Waals surface area contributed by atoms with Crippen LogP contribution in [0.25, 0.3) is 0 Å². The normalized spacial score (nSPS) is 18.1. The van der Waals surface area contributed by atoms with Crippen molar-refractivity contribution in [2.45, 2.75) is 44.8 Å². The van der Waals surface area contributed by atoms with Gasteiger partial charge in [0.2, 0.25) is 0 Å². The summed E-state index contributed by atoms with van der Waals surface area (Å²) < 4.78 is 7.41. The summed E-state index contributed by atoms with van der Waals surface area (Å²) in [5, 5.41) is 3.45. The van der Waals surface area contributed by atoms with E-state index in [1.807, 2.05) is 6.07 Å². The summed E-state index contributed by atoms with van der Waals surface area (Å²) in [4.78, 5) is 0. The van der Waals surface area contributed by atoms with Gasteiger partial charge in [0.1, 0.15) is 0 Å². The van der Waals surface area contributed by atoms with Gasteiger partial charge < -0.3 is 10.1 Å². The fourth-order valence-corrected chi connectivity index (χ4v) is 2.99. The molecule has 1 aliphatic carbocycles. The minimum absolute atomic E-state index is 0.0608. The molecule has 1 saturated carbocycles. The molecule has 0 heterocycles. The molecule has 1 N–H and O–H groups in total. The van der Waals surface area contributed by atoms with Crippen molar-refractivity contribution in [3.05, 3.63) is 34.3 Å². The highest BCUT2D eigenvalue weighted by Crippen LogP contribution is 2.34. The number of halogens is 1. The van der Waals surface area contributed by atoms with Crippen molar-refractivity contribution >= 4 is 15.9 Å². The third-order valence-corrected chi connectivity index (χ3v) is 4.48. The van der Waals surface area contributed by atoms with E-state index < -0.39 is 0 Å². The molecule has 0 aliphatic heterocycles. The van der Waals surface area contributed by atoms with E-state index in [1.165, 1.54) is 31.2 Å². The maximum absolute atomic E-state index is 6.27. The topological polar surface area (TPSA) is 21.3 Å². The van der Waals surface area contributed by atoms with E-state index in [9.17, 15) is 0 Å². The zero-order valence-corrected chi connectivity index (χ0v) is 12.6. The summed E-state index contributed by atoms with van der Waals surface area (Å²) >= 11 is 3.58. The van der Waals surface area contributed by atoms with E-state index in [2.05, 4.69) is 46.4 Å². The lowest BCUT2D eigenvalue weighted by atomic mass is 10.0. The van der Waals surface area contributed by atoms with E-state index in [0.29, 0.717) is 6.61 Å². The predicted octanol–water partition coefficient (Wildman–Crippen LogP) is 3.89. The highest BCUT2D eigenvalue weighted by molar-refractivity contribution is 9.10. The molecule has 1 aromatic carbocycles. The fourth-order valence-electron chi connectivity index (χ4n) is 2.59. The molecule has 100 valence electrons. The third kappa shape index (κ3) is 3.56. The standard InChI is InChI=1S/C15H22BrNO/c1-2-17-12-15(9-5-6-10-15)18-11-13-7-3-4-8-14(13)16/h3-4,7-8,17H,2,5-6,9-12H2,1H3. The van der Waals surface area contributed by atoms with E-state index in [0.717, 1.165) is 17.6 Å². The molecule has 0 spiro atoms. The van der Waals surface area contributed by atoms with Crippen molar-refractivity contribution in [3.63, 3.8) is 0 Å². The van der Waals surface area contributed by atoms with Crippen LogP contribution < -0.4 is 5.32 Å². The minimum Gasteiger partial charge on any atom is -0.369 e. The molecule has 1 aliphatic rings. The highest BCUT2D eigenvalue weighted by Gasteiger charge is 2.34. The quantitative estimate of drug-likeness (QED) is 0.860. The van der Waals surface area contributed by atoms with E-state index in [1.54, 1.807) is 0 Å². The average molecular weight is 312 g/mol. The van der Waals surface area contributed by atoms with Gasteiger partial charge in [0.15, 0.2) is 0 Å². The molecule has 2 nitrogen and oxygen atoms in total. The second kappa shape index (κ2) is 6.69. The summed E-state index contributed by atoms with van der Waals surface area (Å²) in [7, 11) is 0. The number of nitrogens with one attached hydrogen (secondary N) is 1. The van der Waals surface area contributed by atoms with Crippen LogP contribution >= 0.6 is 15.9 Å². The Kier molecular flexibility index (Phi) is 5.22. The van der Waals surface area contributed by atoms with Crippen LogP contribution in [0.1, 0.15) is 38.2 Å². The highest BCUT2D eigenvalue weighted by atomic mass is 79.9. The minimum atomic E-state index is 0.0608. The average Bonchev–Trinajstić information content (AvgIpc) is 2.85. The molecule has 0 saturated heterocycles. The molecule has 0 amide bonds. The van der Waals surface area contributed by atoms with Crippen molar-refractivity contribution < 1.29 is 4.74 Å². The monoisotopic (exact) mass is 311 g/mol. The summed E-state index contributed by atoms with van der Waals surface area (Å²) in [5.74, 6) is 0. The second-order valence-electron chi connectivity index (χ2n) is 5.05. The van der Waals surface area contributed by atoms with E-state index >= 15 is 0 Å². The van der Waals surface area contributed by atoms with Crippen molar-refractivity contribution in [1.82, 2.24) is 5.32 Å². The van der Waals surface area contributed by atoms with Crippen LogP contribution in [0, 0.1) is 0 Å². The Bertz CT molecular complexity index is 375. The van der Waals surface area contributed by atoms with Gasteiger partial charge in [0, 0.05) is 11.0 Å². The summed E-state index contributed by atoms with van der Waals surface area (Å²) in [6.07, 6.45) is 4.96. The molecular weight excluding hydrogens is 290 g/mol. The number of hydrogen-bond donors (Lipinski definition) is 1. The first-order chi connectivity index (χ1) is 8.76. The SMILES string of the molecule is CCNCC1(OCc2ccccc2Br)CCCC1. The van der Waals surface area contributed by atoms with Gasteiger partial charge in [0.25, 0.3) is 0 Å². The Morgan fingerprint density at radius 3 is 2.67 bits per heavy atom. The van der Waals surface area contributed by atoms with Crippen molar-refractivity contribution in [3.8, 4) is 0 Å². The summed E-state index contributed by atoms with van der Waals surface area (Å²) in [5.41, 5.74) is 1.30. The maximum Gasteiger partial charge on any atom is 0.0810 e. The van der Waals surface area contributed by atoms with Crippen LogP contribution in [-0.2, 0) is 11.3 Å². The molecule has 0 atom stereocenters. The Morgan fingerprint density at radius 1 is 1.28 bits per heavy atom. The smallest absolute Gasteiger partial charge is 0.0810 e. The van der Waals surface area contributed by atoms with E-state index in [-0.39, 0.29) is 5.60 Å². The van der Waals surface area contributed by atoms with Crippen LogP contribution in [0.2, 0.25) is 0 Å². The molecule has 18 heavy (non-hydrogen) atoms. The van der Waals surface area contributed by atoms with Gasteiger partial charge in [-0.15, -0.1) is 0 Å². The van der Waals surface area contributed by atoms with Crippen LogP contribution in [0.15, 0.2) is 28.7 Å². The molecule has 0 aromatic heterocycles. The fraction of sp³-hybridized carbons (Fsp3) is 0.600. The number of rotatable bonds is 6. The number of likely N-dealkylation sites (N-methyl/N-ethyl adjacent to an activating group) is 1. The summed E-state index contributed by atoms with van der Waals surface area (Å²) in [6, 6.07) is 8.30. The van der Waals surface area contributed by atoms with Crippen LogP contribution in [0.4, 0.5) is 0 Å². The van der Waals surface area contributed by atoms with Crippen molar-refractivity contribution in [2.24, 2.45) is 0 Å². The number of ether oxygens (including phenoxy) is 1. The second-order valence-corrected chi connectivity index (χ2v) is 5.90. The Balaban J connectivity index is 1.95. The van der Waals surface area contributed by atoms with Gasteiger partial charge in [-0.05, 0) is 31.0 Å². The lowest BCUT2D eigenvalue weighted by molar-refractivity contribution is -0.0503. The summed E-state index contributed by atoms with van der Waals surface area (Å²) in [6.45, 7) is 4.84.